The van der Waals surface area contributed by atoms with E-state index in [0.717, 1.165) is 21.0 Å². The molecule has 3 rings (SSSR count). The molecule has 0 spiro atoms. The monoisotopic (exact) mass is 329 g/mol. The number of aryl methyl sites for hydroxylation is 2. The van der Waals surface area contributed by atoms with Gasteiger partial charge in [0.1, 0.15) is 0 Å². The van der Waals surface area contributed by atoms with Crippen molar-refractivity contribution in [3.8, 4) is 0 Å². The summed E-state index contributed by atoms with van der Waals surface area (Å²) in [5.74, 6) is -0.337. The first-order chi connectivity index (χ1) is 10.9. The maximum atomic E-state index is 12.9. The molecule has 0 unspecified atom stereocenters. The summed E-state index contributed by atoms with van der Waals surface area (Å²) in [6.45, 7) is 3.87. The molecule has 0 saturated carbocycles. The van der Waals surface area contributed by atoms with Crippen LogP contribution in [0.4, 0.5) is 0 Å². The average molecular weight is 329 g/mol. The van der Waals surface area contributed by atoms with Gasteiger partial charge in [0.25, 0.3) is 10.0 Å². The lowest BCUT2D eigenvalue weighted by atomic mass is 10.0. The lowest BCUT2D eigenvalue weighted by molar-refractivity contribution is -0.124. The van der Waals surface area contributed by atoms with Gasteiger partial charge in [0, 0.05) is 6.42 Å². The van der Waals surface area contributed by atoms with Gasteiger partial charge < -0.3 is 0 Å². The minimum absolute atomic E-state index is 0.162. The molecule has 1 saturated heterocycles. The third-order valence-corrected chi connectivity index (χ3v) is 6.04. The van der Waals surface area contributed by atoms with Crippen LogP contribution >= 0.6 is 0 Å². The molecule has 4 nitrogen and oxygen atoms in total. The Morgan fingerprint density at radius 2 is 1.43 bits per heavy atom. The number of hydrogen-bond acceptors (Lipinski definition) is 3. The van der Waals surface area contributed by atoms with E-state index in [1.165, 1.54) is 0 Å². The molecule has 0 bridgehead atoms. The molecule has 23 heavy (non-hydrogen) atoms. The Morgan fingerprint density at radius 3 is 2.00 bits per heavy atom. The van der Waals surface area contributed by atoms with E-state index in [2.05, 4.69) is 0 Å². The van der Waals surface area contributed by atoms with Crippen LogP contribution in [0.25, 0.3) is 0 Å². The Bertz CT molecular complexity index is 824. The number of sulfonamides is 1. The first-order valence-corrected chi connectivity index (χ1v) is 9.04. The van der Waals surface area contributed by atoms with Gasteiger partial charge in [-0.05, 0) is 38.0 Å². The largest absolute Gasteiger partial charge is 0.274 e. The van der Waals surface area contributed by atoms with Crippen molar-refractivity contribution in [3.05, 3.63) is 65.2 Å². The molecule has 1 amide bonds. The lowest BCUT2D eigenvalue weighted by Crippen LogP contribution is -2.34. The molecule has 1 atom stereocenters. The van der Waals surface area contributed by atoms with E-state index in [4.69, 9.17) is 0 Å². The van der Waals surface area contributed by atoms with E-state index >= 15 is 0 Å². The van der Waals surface area contributed by atoms with Crippen molar-refractivity contribution < 1.29 is 13.2 Å². The number of nitrogens with zero attached hydrogens (tertiary/aromatic N) is 1. The van der Waals surface area contributed by atoms with Crippen LogP contribution in [0.5, 0.6) is 0 Å². The molecule has 1 aliphatic heterocycles. The summed E-state index contributed by atoms with van der Waals surface area (Å²) in [6, 6.07) is 13.9. The zero-order chi connectivity index (χ0) is 16.6. The van der Waals surface area contributed by atoms with Gasteiger partial charge in [0.15, 0.2) is 0 Å². The van der Waals surface area contributed by atoms with Crippen LogP contribution in [0.1, 0.15) is 35.6 Å². The molecule has 2 aromatic carbocycles. The summed E-state index contributed by atoms with van der Waals surface area (Å²) in [6.07, 6.45) is 0.774. The van der Waals surface area contributed by atoms with Crippen molar-refractivity contribution in [2.24, 2.45) is 0 Å². The normalized spacial score (nSPS) is 18.4. The summed E-state index contributed by atoms with van der Waals surface area (Å²) in [7, 11) is -3.83. The minimum atomic E-state index is -3.83. The quantitative estimate of drug-likeness (QED) is 0.867. The topological polar surface area (TPSA) is 54.5 Å². The molecule has 1 heterocycles. The van der Waals surface area contributed by atoms with Crippen molar-refractivity contribution in [2.75, 3.05) is 0 Å². The Balaban J connectivity index is 2.02. The first kappa shape index (κ1) is 15.7. The van der Waals surface area contributed by atoms with Crippen LogP contribution in [-0.2, 0) is 14.8 Å². The van der Waals surface area contributed by atoms with Crippen molar-refractivity contribution in [2.45, 2.75) is 37.6 Å². The number of carbonyl (C=O) groups is 1. The number of hydrogen-bond donors (Lipinski definition) is 0. The van der Waals surface area contributed by atoms with Crippen LogP contribution in [0.15, 0.2) is 53.4 Å². The molecule has 0 N–H and O–H groups in total. The molecule has 0 radical (unpaired) electrons. The number of benzene rings is 2. The summed E-state index contributed by atoms with van der Waals surface area (Å²) < 4.78 is 26.9. The van der Waals surface area contributed by atoms with Crippen molar-refractivity contribution in [3.63, 3.8) is 0 Å². The van der Waals surface area contributed by atoms with E-state index in [0.29, 0.717) is 6.42 Å². The maximum Gasteiger partial charge on any atom is 0.267 e. The molecular weight excluding hydrogens is 310 g/mol. The molecule has 120 valence electrons. The predicted molar refractivity (Wildman–Crippen MR) is 88.4 cm³/mol. The van der Waals surface area contributed by atoms with Gasteiger partial charge in [0.05, 0.1) is 10.9 Å². The zero-order valence-electron chi connectivity index (χ0n) is 13.2. The van der Waals surface area contributed by atoms with E-state index in [-0.39, 0.29) is 17.2 Å². The van der Waals surface area contributed by atoms with Gasteiger partial charge in [-0.15, -0.1) is 0 Å². The predicted octanol–water partition coefficient (Wildman–Crippen LogP) is 3.36. The highest BCUT2D eigenvalue weighted by Crippen LogP contribution is 2.37. The third kappa shape index (κ3) is 2.88. The number of amides is 1. The van der Waals surface area contributed by atoms with Crippen molar-refractivity contribution in [1.29, 1.82) is 0 Å². The van der Waals surface area contributed by atoms with Crippen LogP contribution in [0.3, 0.4) is 0 Å². The van der Waals surface area contributed by atoms with Gasteiger partial charge in [-0.1, -0.05) is 47.5 Å². The summed E-state index contributed by atoms with van der Waals surface area (Å²) in [4.78, 5) is 12.4. The summed E-state index contributed by atoms with van der Waals surface area (Å²) >= 11 is 0. The van der Waals surface area contributed by atoms with Gasteiger partial charge >= 0.3 is 0 Å². The van der Waals surface area contributed by atoms with Gasteiger partial charge in [-0.25, -0.2) is 12.7 Å². The van der Waals surface area contributed by atoms with E-state index in [1.54, 1.807) is 24.3 Å². The lowest BCUT2D eigenvalue weighted by Gasteiger charge is -2.25. The van der Waals surface area contributed by atoms with Crippen molar-refractivity contribution in [1.82, 2.24) is 4.31 Å². The highest BCUT2D eigenvalue weighted by atomic mass is 32.2. The second kappa shape index (κ2) is 5.81. The third-order valence-electron chi connectivity index (χ3n) is 4.20. The first-order valence-electron chi connectivity index (χ1n) is 7.60. The highest BCUT2D eigenvalue weighted by molar-refractivity contribution is 7.89. The molecule has 5 heteroatoms. The molecular formula is C18H19NO3S. The maximum absolute atomic E-state index is 12.9. The van der Waals surface area contributed by atoms with Crippen LogP contribution in [0, 0.1) is 13.8 Å². The average Bonchev–Trinajstić information content (AvgIpc) is 2.91. The molecule has 0 aliphatic carbocycles. The molecule has 2 aromatic rings. The SMILES string of the molecule is Cc1ccc([C@@H]2CCC(=O)N2S(=O)(=O)c2ccc(C)cc2)cc1. The standard InChI is InChI=1S/C18H19NO3S/c1-13-3-7-15(8-4-13)17-11-12-18(20)19(17)23(21,22)16-9-5-14(2)6-10-16/h3-10,17H,11-12H2,1-2H3/t17-/m0/s1. The number of rotatable bonds is 3. The number of carbonyl (C=O) groups excluding carboxylic acids is 1. The Labute approximate surface area is 136 Å². The zero-order valence-corrected chi connectivity index (χ0v) is 14.0. The molecule has 1 aliphatic rings. The molecule has 0 aromatic heterocycles. The van der Waals surface area contributed by atoms with Crippen LogP contribution in [0.2, 0.25) is 0 Å². The van der Waals surface area contributed by atoms with Crippen molar-refractivity contribution >= 4 is 15.9 Å². The van der Waals surface area contributed by atoms with E-state index < -0.39 is 16.1 Å². The highest BCUT2D eigenvalue weighted by Gasteiger charge is 2.41. The molecule has 1 fully saturated rings. The second-order valence-electron chi connectivity index (χ2n) is 5.97. The summed E-state index contributed by atoms with van der Waals surface area (Å²) in [5, 5.41) is 0. The minimum Gasteiger partial charge on any atom is -0.274 e. The Morgan fingerprint density at radius 1 is 0.913 bits per heavy atom. The Kier molecular flexibility index (Phi) is 3.98. The smallest absolute Gasteiger partial charge is 0.267 e. The fraction of sp³-hybridized carbons (Fsp3) is 0.278. The van der Waals surface area contributed by atoms with Crippen LogP contribution in [-0.4, -0.2) is 18.6 Å². The van der Waals surface area contributed by atoms with Gasteiger partial charge in [-0.3, -0.25) is 4.79 Å². The van der Waals surface area contributed by atoms with E-state index in [9.17, 15) is 13.2 Å². The van der Waals surface area contributed by atoms with Gasteiger partial charge in [-0.2, -0.15) is 0 Å². The Hall–Kier alpha value is -2.14. The fourth-order valence-corrected chi connectivity index (χ4v) is 4.51. The van der Waals surface area contributed by atoms with E-state index in [1.807, 2.05) is 38.1 Å². The second-order valence-corrected chi connectivity index (χ2v) is 7.79. The fourth-order valence-electron chi connectivity index (χ4n) is 2.88. The van der Waals surface area contributed by atoms with Gasteiger partial charge in [0.2, 0.25) is 5.91 Å². The van der Waals surface area contributed by atoms with Crippen LogP contribution < -0.4 is 0 Å². The summed E-state index contributed by atoms with van der Waals surface area (Å²) in [5.41, 5.74) is 2.94.